The zero-order chi connectivity index (χ0) is 16.7. The number of aromatic nitrogens is 1. The van der Waals surface area contributed by atoms with Gasteiger partial charge in [-0.2, -0.15) is 0 Å². The van der Waals surface area contributed by atoms with Crippen LogP contribution in [0.25, 0.3) is 22.1 Å². The van der Waals surface area contributed by atoms with Gasteiger partial charge in [-0.1, -0.05) is 0 Å². The standard InChI is InChI=1S/C18H17NO4/c1-5-22-18(21)12-8-14-16(20)13-6-9(2)10(3)7-15(13)23-17(14)19-11(12)4/h6-8H,5H2,1-4H3. The zero-order valence-electron chi connectivity index (χ0n) is 13.5. The third kappa shape index (κ3) is 2.48. The number of pyridine rings is 1. The molecule has 1 aromatic carbocycles. The van der Waals surface area contributed by atoms with Crippen molar-refractivity contribution in [3.8, 4) is 0 Å². The van der Waals surface area contributed by atoms with E-state index in [1.807, 2.05) is 19.9 Å². The van der Waals surface area contributed by atoms with Crippen molar-refractivity contribution in [1.82, 2.24) is 4.98 Å². The van der Waals surface area contributed by atoms with Crippen LogP contribution in [0.4, 0.5) is 0 Å². The number of nitrogens with zero attached hydrogens (tertiary/aromatic N) is 1. The molecule has 2 aromatic heterocycles. The SMILES string of the molecule is CCOC(=O)c1cc2c(=O)c3cc(C)c(C)cc3oc2nc1C. The Morgan fingerprint density at radius 1 is 1.13 bits per heavy atom. The van der Waals surface area contributed by atoms with Crippen molar-refractivity contribution in [2.45, 2.75) is 27.7 Å². The van der Waals surface area contributed by atoms with Crippen LogP contribution in [0.5, 0.6) is 0 Å². The van der Waals surface area contributed by atoms with Gasteiger partial charge in [0, 0.05) is 0 Å². The van der Waals surface area contributed by atoms with Crippen LogP contribution >= 0.6 is 0 Å². The molecule has 0 saturated heterocycles. The molecular formula is C18H17NO4. The Kier molecular flexibility index (Phi) is 3.64. The molecule has 0 saturated carbocycles. The highest BCUT2D eigenvalue weighted by Crippen LogP contribution is 2.22. The van der Waals surface area contributed by atoms with Crippen LogP contribution in [0, 0.1) is 20.8 Å². The molecule has 23 heavy (non-hydrogen) atoms. The fourth-order valence-corrected chi connectivity index (χ4v) is 2.54. The summed E-state index contributed by atoms with van der Waals surface area (Å²) in [5, 5.41) is 0.774. The predicted octanol–water partition coefficient (Wildman–Crippen LogP) is 3.44. The first-order valence-corrected chi connectivity index (χ1v) is 7.45. The first kappa shape index (κ1) is 15.2. The zero-order valence-corrected chi connectivity index (χ0v) is 13.5. The minimum Gasteiger partial charge on any atom is -0.462 e. The molecular weight excluding hydrogens is 294 g/mol. The number of benzene rings is 1. The molecule has 2 heterocycles. The third-order valence-electron chi connectivity index (χ3n) is 3.97. The minimum atomic E-state index is -0.487. The number of fused-ring (bicyclic) bond motifs is 2. The van der Waals surface area contributed by atoms with E-state index in [1.165, 1.54) is 6.07 Å². The van der Waals surface area contributed by atoms with E-state index < -0.39 is 5.97 Å². The highest BCUT2D eigenvalue weighted by atomic mass is 16.5. The summed E-state index contributed by atoms with van der Waals surface area (Å²) in [4.78, 5) is 29.0. The molecule has 0 aliphatic carbocycles. The molecule has 0 fully saturated rings. The van der Waals surface area contributed by atoms with Gasteiger partial charge in [-0.3, -0.25) is 4.79 Å². The summed E-state index contributed by atoms with van der Waals surface area (Å²) in [5.41, 5.74) is 3.35. The van der Waals surface area contributed by atoms with E-state index in [2.05, 4.69) is 4.98 Å². The number of hydrogen-bond acceptors (Lipinski definition) is 5. The van der Waals surface area contributed by atoms with E-state index in [-0.39, 0.29) is 28.7 Å². The molecule has 3 aromatic rings. The Labute approximate surface area is 132 Å². The molecule has 3 rings (SSSR count). The molecule has 0 spiro atoms. The average Bonchev–Trinajstić information content (AvgIpc) is 2.49. The maximum absolute atomic E-state index is 12.7. The summed E-state index contributed by atoms with van der Waals surface area (Å²) < 4.78 is 10.8. The Morgan fingerprint density at radius 2 is 1.83 bits per heavy atom. The number of ether oxygens (including phenoxy) is 1. The number of carbonyl (C=O) groups excluding carboxylic acids is 1. The van der Waals surface area contributed by atoms with Gasteiger partial charge in [-0.05, 0) is 57.0 Å². The fraction of sp³-hybridized carbons (Fsp3) is 0.278. The smallest absolute Gasteiger partial charge is 0.339 e. The van der Waals surface area contributed by atoms with E-state index in [9.17, 15) is 9.59 Å². The van der Waals surface area contributed by atoms with Gasteiger partial charge in [0.25, 0.3) is 0 Å². The Morgan fingerprint density at radius 3 is 2.52 bits per heavy atom. The first-order valence-electron chi connectivity index (χ1n) is 7.45. The van der Waals surface area contributed by atoms with Crippen LogP contribution in [0.3, 0.4) is 0 Å². The quantitative estimate of drug-likeness (QED) is 0.535. The van der Waals surface area contributed by atoms with E-state index in [4.69, 9.17) is 9.15 Å². The van der Waals surface area contributed by atoms with Crippen LogP contribution in [0.1, 0.15) is 34.1 Å². The highest BCUT2D eigenvalue weighted by molar-refractivity contribution is 5.96. The number of hydrogen-bond donors (Lipinski definition) is 0. The lowest BCUT2D eigenvalue weighted by molar-refractivity contribution is 0.0525. The molecule has 0 atom stereocenters. The lowest BCUT2D eigenvalue weighted by Gasteiger charge is -2.08. The van der Waals surface area contributed by atoms with Crippen molar-refractivity contribution >= 4 is 28.0 Å². The number of aryl methyl sites for hydroxylation is 3. The van der Waals surface area contributed by atoms with Gasteiger partial charge >= 0.3 is 5.97 Å². The van der Waals surface area contributed by atoms with Crippen LogP contribution in [0.2, 0.25) is 0 Å². The second-order valence-corrected chi connectivity index (χ2v) is 5.56. The van der Waals surface area contributed by atoms with E-state index >= 15 is 0 Å². The van der Waals surface area contributed by atoms with Crippen molar-refractivity contribution in [1.29, 1.82) is 0 Å². The topological polar surface area (TPSA) is 69.4 Å². The third-order valence-corrected chi connectivity index (χ3v) is 3.97. The lowest BCUT2D eigenvalue weighted by atomic mass is 10.1. The van der Waals surface area contributed by atoms with Crippen molar-refractivity contribution in [2.75, 3.05) is 6.61 Å². The van der Waals surface area contributed by atoms with Crippen LogP contribution in [-0.2, 0) is 4.74 Å². The van der Waals surface area contributed by atoms with E-state index in [0.717, 1.165) is 11.1 Å². The molecule has 118 valence electrons. The average molecular weight is 311 g/mol. The van der Waals surface area contributed by atoms with Crippen molar-refractivity contribution in [3.05, 3.63) is 50.8 Å². The van der Waals surface area contributed by atoms with Crippen LogP contribution in [-0.4, -0.2) is 17.6 Å². The summed E-state index contributed by atoms with van der Waals surface area (Å²) in [6.07, 6.45) is 0. The van der Waals surface area contributed by atoms with E-state index in [0.29, 0.717) is 16.7 Å². The Balaban J connectivity index is 2.36. The number of carbonyl (C=O) groups is 1. The Bertz CT molecular complexity index is 1000. The Hall–Kier alpha value is -2.69. The second-order valence-electron chi connectivity index (χ2n) is 5.56. The molecule has 5 heteroatoms. The normalized spacial score (nSPS) is 11.1. The number of rotatable bonds is 2. The largest absolute Gasteiger partial charge is 0.462 e. The fourth-order valence-electron chi connectivity index (χ4n) is 2.54. The molecule has 0 unspecified atom stereocenters. The molecule has 0 N–H and O–H groups in total. The van der Waals surface area contributed by atoms with Crippen molar-refractivity contribution in [3.63, 3.8) is 0 Å². The van der Waals surface area contributed by atoms with Gasteiger partial charge in [-0.15, -0.1) is 0 Å². The summed E-state index contributed by atoms with van der Waals surface area (Å²) in [6.45, 7) is 7.59. The van der Waals surface area contributed by atoms with Crippen molar-refractivity contribution < 1.29 is 13.9 Å². The molecule has 0 aliphatic heterocycles. The van der Waals surface area contributed by atoms with Gasteiger partial charge in [0.2, 0.25) is 11.1 Å². The predicted molar refractivity (Wildman–Crippen MR) is 88.0 cm³/mol. The molecule has 0 radical (unpaired) electrons. The van der Waals surface area contributed by atoms with Crippen molar-refractivity contribution in [2.24, 2.45) is 0 Å². The monoisotopic (exact) mass is 311 g/mol. The minimum absolute atomic E-state index is 0.192. The van der Waals surface area contributed by atoms with Gasteiger partial charge in [0.15, 0.2) is 0 Å². The van der Waals surface area contributed by atoms with E-state index in [1.54, 1.807) is 19.9 Å². The molecule has 5 nitrogen and oxygen atoms in total. The van der Waals surface area contributed by atoms with Crippen LogP contribution in [0.15, 0.2) is 27.4 Å². The van der Waals surface area contributed by atoms with Gasteiger partial charge in [0.05, 0.1) is 28.6 Å². The summed E-state index contributed by atoms with van der Waals surface area (Å²) in [7, 11) is 0. The van der Waals surface area contributed by atoms with Gasteiger partial charge in [0.1, 0.15) is 5.58 Å². The number of esters is 1. The summed E-state index contributed by atoms with van der Waals surface area (Å²) >= 11 is 0. The van der Waals surface area contributed by atoms with Crippen LogP contribution < -0.4 is 5.43 Å². The molecule has 0 amide bonds. The van der Waals surface area contributed by atoms with Gasteiger partial charge in [-0.25, -0.2) is 9.78 Å². The molecule has 0 bridgehead atoms. The second kappa shape index (κ2) is 5.50. The van der Waals surface area contributed by atoms with Gasteiger partial charge < -0.3 is 9.15 Å². The summed E-state index contributed by atoms with van der Waals surface area (Å²) in [6, 6.07) is 5.15. The first-order chi connectivity index (χ1) is 10.9. The lowest BCUT2D eigenvalue weighted by Crippen LogP contribution is -2.11. The highest BCUT2D eigenvalue weighted by Gasteiger charge is 2.17. The maximum Gasteiger partial charge on any atom is 0.339 e. The summed E-state index contributed by atoms with van der Waals surface area (Å²) in [5.74, 6) is -0.487. The maximum atomic E-state index is 12.7. The molecule has 0 aliphatic rings.